The number of carbonyl (C=O) groups excluding carboxylic acids is 2. The molecule has 3 aromatic carbocycles. The Balaban J connectivity index is 1.44. The number of hydrogen-bond donors (Lipinski definition) is 1. The maximum absolute atomic E-state index is 12.8. The van der Waals surface area contributed by atoms with Crippen LogP contribution < -0.4 is 10.2 Å². The van der Waals surface area contributed by atoms with Gasteiger partial charge in [-0.25, -0.2) is 0 Å². The molecule has 1 aliphatic rings. The second kappa shape index (κ2) is 10.9. The topological polar surface area (TPSA) is 58.6 Å². The van der Waals surface area contributed by atoms with Gasteiger partial charge in [0.25, 0.3) is 11.8 Å². The van der Waals surface area contributed by atoms with Crippen LogP contribution in [0, 0.1) is 0 Å². The number of nitrogens with zero attached hydrogens (tertiary/aromatic N) is 1. The lowest BCUT2D eigenvalue weighted by Gasteiger charge is -2.15. The maximum Gasteiger partial charge on any atom is 0.285 e. The number of thiocarbonyl (C=S) groups is 1. The minimum atomic E-state index is -0.414. The lowest BCUT2D eigenvalue weighted by molar-refractivity contribution is -0.123. The average Bonchev–Trinajstić information content (AvgIpc) is 3.07. The molecule has 0 radical (unpaired) electrons. The van der Waals surface area contributed by atoms with Crippen molar-refractivity contribution in [3.8, 4) is 5.75 Å². The number of hydrazine groups is 1. The van der Waals surface area contributed by atoms with Crippen LogP contribution in [-0.4, -0.2) is 21.1 Å². The number of amides is 2. The molecule has 1 aliphatic heterocycles. The lowest BCUT2D eigenvalue weighted by atomic mass is 10.2. The van der Waals surface area contributed by atoms with Crippen LogP contribution in [0.5, 0.6) is 5.75 Å². The molecule has 0 aromatic heterocycles. The summed E-state index contributed by atoms with van der Waals surface area (Å²) in [5, 5.41) is 2.18. The highest BCUT2D eigenvalue weighted by Gasteiger charge is 2.33. The molecule has 10 heteroatoms. The number of rotatable bonds is 6. The highest BCUT2D eigenvalue weighted by Crippen LogP contribution is 2.34. The van der Waals surface area contributed by atoms with Gasteiger partial charge in [0.2, 0.25) is 0 Å². The van der Waals surface area contributed by atoms with Crippen LogP contribution in [0.15, 0.2) is 76.1 Å². The highest BCUT2D eigenvalue weighted by atomic mass is 79.9. The van der Waals surface area contributed by atoms with Gasteiger partial charge in [0.1, 0.15) is 12.4 Å². The first-order chi connectivity index (χ1) is 16.3. The van der Waals surface area contributed by atoms with Crippen molar-refractivity contribution in [3.05, 3.63) is 103 Å². The van der Waals surface area contributed by atoms with Gasteiger partial charge < -0.3 is 4.74 Å². The van der Waals surface area contributed by atoms with Crippen LogP contribution in [0.1, 0.15) is 21.5 Å². The van der Waals surface area contributed by atoms with Crippen molar-refractivity contribution in [1.29, 1.82) is 0 Å². The third-order valence-corrected chi connectivity index (χ3v) is 7.20. The second-order valence-electron chi connectivity index (χ2n) is 7.04. The van der Waals surface area contributed by atoms with E-state index in [9.17, 15) is 9.59 Å². The van der Waals surface area contributed by atoms with E-state index < -0.39 is 11.8 Å². The fraction of sp³-hybridized carbons (Fsp3) is 0.0417. The molecule has 0 unspecified atom stereocenters. The fourth-order valence-electron chi connectivity index (χ4n) is 2.99. The van der Waals surface area contributed by atoms with Gasteiger partial charge in [0, 0.05) is 21.2 Å². The summed E-state index contributed by atoms with van der Waals surface area (Å²) >= 11 is 22.0. The third-order valence-electron chi connectivity index (χ3n) is 4.70. The van der Waals surface area contributed by atoms with E-state index in [0.29, 0.717) is 30.7 Å². The Kier molecular flexibility index (Phi) is 7.95. The van der Waals surface area contributed by atoms with Crippen molar-refractivity contribution >= 4 is 85.3 Å². The molecule has 4 rings (SSSR count). The van der Waals surface area contributed by atoms with E-state index in [1.165, 1.54) is 0 Å². The molecular formula is C24H15BrCl2N2O3S2. The molecule has 34 heavy (non-hydrogen) atoms. The van der Waals surface area contributed by atoms with Crippen LogP contribution in [0.2, 0.25) is 10.0 Å². The van der Waals surface area contributed by atoms with Crippen LogP contribution in [-0.2, 0) is 11.4 Å². The van der Waals surface area contributed by atoms with E-state index >= 15 is 0 Å². The number of thioether (sulfide) groups is 1. The van der Waals surface area contributed by atoms with Gasteiger partial charge in [-0.15, -0.1) is 0 Å². The number of carbonyl (C=O) groups is 2. The van der Waals surface area contributed by atoms with Gasteiger partial charge in [-0.3, -0.25) is 15.0 Å². The molecule has 172 valence electrons. The molecule has 0 saturated carbocycles. The Morgan fingerprint density at radius 3 is 2.59 bits per heavy atom. The minimum absolute atomic E-state index is 0.249. The number of nitrogens with one attached hydrogen (secondary N) is 1. The zero-order valence-electron chi connectivity index (χ0n) is 17.3. The summed E-state index contributed by atoms with van der Waals surface area (Å²) in [7, 11) is 0. The molecule has 0 aliphatic carbocycles. The van der Waals surface area contributed by atoms with E-state index in [0.717, 1.165) is 27.9 Å². The van der Waals surface area contributed by atoms with Gasteiger partial charge in [0.15, 0.2) is 4.32 Å². The molecule has 1 saturated heterocycles. The molecule has 0 bridgehead atoms. The third kappa shape index (κ3) is 5.82. The molecule has 0 atom stereocenters. The normalized spacial score (nSPS) is 14.6. The van der Waals surface area contributed by atoms with Crippen LogP contribution in [0.3, 0.4) is 0 Å². The molecule has 0 spiro atoms. The van der Waals surface area contributed by atoms with Crippen molar-refractivity contribution in [3.63, 3.8) is 0 Å². The van der Waals surface area contributed by atoms with Crippen molar-refractivity contribution in [2.75, 3.05) is 0 Å². The van der Waals surface area contributed by atoms with Gasteiger partial charge in [-0.2, -0.15) is 5.01 Å². The Labute approximate surface area is 224 Å². The largest absolute Gasteiger partial charge is 0.488 e. The molecule has 3 aromatic rings. The second-order valence-corrected chi connectivity index (χ2v) is 10.4. The van der Waals surface area contributed by atoms with Crippen LogP contribution >= 0.6 is 63.1 Å². The number of halogens is 3. The number of hydrogen-bond acceptors (Lipinski definition) is 5. The van der Waals surface area contributed by atoms with Crippen molar-refractivity contribution < 1.29 is 14.3 Å². The molecule has 1 heterocycles. The predicted molar refractivity (Wildman–Crippen MR) is 144 cm³/mol. The zero-order chi connectivity index (χ0) is 24.2. The fourth-order valence-corrected chi connectivity index (χ4v) is 5.14. The minimum Gasteiger partial charge on any atom is -0.488 e. The summed E-state index contributed by atoms with van der Waals surface area (Å²) < 4.78 is 6.82. The molecule has 1 N–H and O–H groups in total. The Morgan fingerprint density at radius 1 is 1.12 bits per heavy atom. The first-order valence-corrected chi connectivity index (χ1v) is 12.6. The van der Waals surface area contributed by atoms with Gasteiger partial charge >= 0.3 is 0 Å². The Hall–Kier alpha value is -2.36. The Bertz CT molecular complexity index is 1320. The standard InChI is InChI=1S/C24H15BrCl2N2O3S2/c25-18-10-14(6-9-20(18)32-13-16-7-8-17(26)12-19(16)27)11-21-23(31)29(24(33)34-21)28-22(30)15-4-2-1-3-5-15/h1-12H,13H2,(H,28,30)/b21-11+. The van der Waals surface area contributed by atoms with Gasteiger partial charge in [0.05, 0.1) is 9.38 Å². The van der Waals surface area contributed by atoms with Gasteiger partial charge in [-0.05, 0) is 76.2 Å². The summed E-state index contributed by atoms with van der Waals surface area (Å²) in [4.78, 5) is 25.6. The SMILES string of the molecule is O=C(NN1C(=O)/C(=C\c2ccc(OCc3ccc(Cl)cc3Cl)c(Br)c2)SC1=S)c1ccccc1. The highest BCUT2D eigenvalue weighted by molar-refractivity contribution is 9.10. The summed E-state index contributed by atoms with van der Waals surface area (Å²) in [6.45, 7) is 0.272. The van der Waals surface area contributed by atoms with Crippen LogP contribution in [0.4, 0.5) is 0 Å². The van der Waals surface area contributed by atoms with Gasteiger partial charge in [-0.1, -0.05) is 65.3 Å². The lowest BCUT2D eigenvalue weighted by Crippen LogP contribution is -2.44. The van der Waals surface area contributed by atoms with E-state index in [-0.39, 0.29) is 10.9 Å². The number of ether oxygens (including phenoxy) is 1. The summed E-state index contributed by atoms with van der Waals surface area (Å²) in [6, 6.07) is 19.3. The zero-order valence-corrected chi connectivity index (χ0v) is 22.0. The monoisotopic (exact) mass is 592 g/mol. The first-order valence-electron chi connectivity index (χ1n) is 9.82. The molecular weight excluding hydrogens is 579 g/mol. The maximum atomic E-state index is 12.8. The van der Waals surface area contributed by atoms with E-state index in [1.807, 2.05) is 18.2 Å². The quantitative estimate of drug-likeness (QED) is 0.249. The van der Waals surface area contributed by atoms with Crippen LogP contribution in [0.25, 0.3) is 6.08 Å². The molecule has 1 fully saturated rings. The average molecular weight is 594 g/mol. The summed E-state index contributed by atoms with van der Waals surface area (Å²) in [5.74, 6) is -0.192. The molecule has 5 nitrogen and oxygen atoms in total. The van der Waals surface area contributed by atoms with E-state index in [4.69, 9.17) is 40.2 Å². The number of benzene rings is 3. The summed E-state index contributed by atoms with van der Waals surface area (Å²) in [6.07, 6.45) is 1.71. The smallest absolute Gasteiger partial charge is 0.285 e. The summed E-state index contributed by atoms with van der Waals surface area (Å²) in [5.41, 5.74) is 4.57. The van der Waals surface area contributed by atoms with E-state index in [2.05, 4.69) is 21.4 Å². The van der Waals surface area contributed by atoms with E-state index in [1.54, 1.807) is 54.6 Å². The van der Waals surface area contributed by atoms with Crippen molar-refractivity contribution in [2.45, 2.75) is 6.61 Å². The Morgan fingerprint density at radius 2 is 1.88 bits per heavy atom. The first kappa shape index (κ1) is 24.8. The predicted octanol–water partition coefficient (Wildman–Crippen LogP) is 6.88. The van der Waals surface area contributed by atoms with Crippen molar-refractivity contribution in [2.24, 2.45) is 0 Å². The molecule has 2 amide bonds. The van der Waals surface area contributed by atoms with Crippen molar-refractivity contribution in [1.82, 2.24) is 10.4 Å².